The molecule has 70 valence electrons. The molecule has 13 heavy (non-hydrogen) atoms. The summed E-state index contributed by atoms with van der Waals surface area (Å²) < 4.78 is 6.65. The molecule has 1 atom stereocenters. The van der Waals surface area contributed by atoms with Crippen molar-refractivity contribution in [1.29, 1.82) is 0 Å². The fourth-order valence-corrected chi connectivity index (χ4v) is 2.00. The first-order valence-corrected chi connectivity index (χ1v) is 5.24. The van der Waals surface area contributed by atoms with Crippen LogP contribution in [-0.4, -0.2) is 6.61 Å². The van der Waals surface area contributed by atoms with Gasteiger partial charge in [0.15, 0.2) is 0 Å². The molecule has 0 radical (unpaired) electrons. The second-order valence-electron chi connectivity index (χ2n) is 3.89. The van der Waals surface area contributed by atoms with E-state index >= 15 is 0 Å². The van der Waals surface area contributed by atoms with Gasteiger partial charge in [-0.3, -0.25) is 0 Å². The van der Waals surface area contributed by atoms with Crippen LogP contribution in [0.5, 0.6) is 0 Å². The molecule has 0 amide bonds. The Morgan fingerprint density at radius 1 is 1.38 bits per heavy atom. The zero-order valence-electron chi connectivity index (χ0n) is 8.15. The topological polar surface area (TPSA) is 12.5 Å². The third kappa shape index (κ3) is 1.42. The maximum absolute atomic E-state index is 5.44. The van der Waals surface area contributed by atoms with Gasteiger partial charge in [0.05, 0.1) is 6.61 Å². The molecule has 1 fully saturated rings. The molecule has 1 aromatic carbocycles. The Labute approximate surface area is 87.2 Å². The van der Waals surface area contributed by atoms with Crippen LogP contribution >= 0.6 is 15.9 Å². The van der Waals surface area contributed by atoms with Crippen LogP contribution in [0.1, 0.15) is 23.6 Å². The van der Waals surface area contributed by atoms with Crippen LogP contribution in [0.4, 0.5) is 0 Å². The summed E-state index contributed by atoms with van der Waals surface area (Å²) in [5.74, 6) is 0. The highest BCUT2D eigenvalue weighted by atomic mass is 79.9. The number of halogens is 1. The minimum atomic E-state index is -0.0136. The Morgan fingerprint density at radius 3 is 2.54 bits per heavy atom. The standard InChI is InChI=1S/C11H13BrO/c1-7-4-5-9(8(2)10(7)12)11(3)6-13-11/h4-5H,6H2,1-3H3. The van der Waals surface area contributed by atoms with Crippen molar-refractivity contribution >= 4 is 15.9 Å². The fraction of sp³-hybridized carbons (Fsp3) is 0.455. The van der Waals surface area contributed by atoms with Gasteiger partial charge in [0.25, 0.3) is 0 Å². The van der Waals surface area contributed by atoms with E-state index < -0.39 is 0 Å². The lowest BCUT2D eigenvalue weighted by Crippen LogP contribution is -2.05. The van der Waals surface area contributed by atoms with Gasteiger partial charge in [-0.2, -0.15) is 0 Å². The number of hydrogen-bond donors (Lipinski definition) is 0. The first-order chi connectivity index (χ1) is 6.04. The lowest BCUT2D eigenvalue weighted by atomic mass is 9.96. The molecule has 1 aliphatic heterocycles. The highest BCUT2D eigenvalue weighted by Gasteiger charge is 2.42. The molecule has 1 saturated heterocycles. The van der Waals surface area contributed by atoms with Gasteiger partial charge in [0, 0.05) is 4.47 Å². The summed E-state index contributed by atoms with van der Waals surface area (Å²) in [5.41, 5.74) is 3.88. The van der Waals surface area contributed by atoms with E-state index in [4.69, 9.17) is 4.74 Å². The highest BCUT2D eigenvalue weighted by Crippen LogP contribution is 2.41. The molecular formula is C11H13BrO. The van der Waals surface area contributed by atoms with Gasteiger partial charge in [-0.05, 0) is 37.5 Å². The number of aryl methyl sites for hydroxylation is 1. The molecule has 2 rings (SSSR count). The third-order valence-corrected chi connectivity index (χ3v) is 3.95. The SMILES string of the molecule is Cc1ccc(C2(C)CO2)c(C)c1Br. The molecule has 0 spiro atoms. The van der Waals surface area contributed by atoms with E-state index in [0.29, 0.717) is 0 Å². The van der Waals surface area contributed by atoms with Crippen LogP contribution < -0.4 is 0 Å². The first kappa shape index (κ1) is 9.22. The second kappa shape index (κ2) is 2.82. The number of hydrogen-bond acceptors (Lipinski definition) is 1. The van der Waals surface area contributed by atoms with Crippen molar-refractivity contribution in [1.82, 2.24) is 0 Å². The van der Waals surface area contributed by atoms with Crippen molar-refractivity contribution in [2.24, 2.45) is 0 Å². The Kier molecular flexibility index (Phi) is 2.00. The Morgan fingerprint density at radius 2 is 2.00 bits per heavy atom. The summed E-state index contributed by atoms with van der Waals surface area (Å²) in [6.45, 7) is 7.23. The van der Waals surface area contributed by atoms with Crippen molar-refractivity contribution in [3.8, 4) is 0 Å². The summed E-state index contributed by atoms with van der Waals surface area (Å²) in [4.78, 5) is 0. The summed E-state index contributed by atoms with van der Waals surface area (Å²) in [5, 5.41) is 0. The van der Waals surface area contributed by atoms with Crippen LogP contribution in [0.3, 0.4) is 0 Å². The minimum absolute atomic E-state index is 0.0136. The Bertz CT molecular complexity index is 353. The van der Waals surface area contributed by atoms with E-state index in [0.717, 1.165) is 6.61 Å². The summed E-state index contributed by atoms with van der Waals surface area (Å²) in [6.07, 6.45) is 0. The molecule has 1 aliphatic rings. The zero-order chi connectivity index (χ0) is 9.64. The lowest BCUT2D eigenvalue weighted by molar-refractivity contribution is 0.328. The van der Waals surface area contributed by atoms with Crippen LogP contribution in [0.25, 0.3) is 0 Å². The zero-order valence-corrected chi connectivity index (χ0v) is 9.73. The van der Waals surface area contributed by atoms with E-state index in [1.165, 1.54) is 21.2 Å². The monoisotopic (exact) mass is 240 g/mol. The van der Waals surface area contributed by atoms with Crippen molar-refractivity contribution in [2.45, 2.75) is 26.4 Å². The van der Waals surface area contributed by atoms with E-state index in [9.17, 15) is 0 Å². The van der Waals surface area contributed by atoms with E-state index in [1.807, 2.05) is 0 Å². The summed E-state index contributed by atoms with van der Waals surface area (Å²) >= 11 is 3.59. The molecular weight excluding hydrogens is 228 g/mol. The second-order valence-corrected chi connectivity index (χ2v) is 4.68. The predicted octanol–water partition coefficient (Wildman–Crippen LogP) is 3.31. The van der Waals surface area contributed by atoms with Crippen molar-refractivity contribution < 1.29 is 4.74 Å². The normalized spacial score (nSPS) is 26.2. The van der Waals surface area contributed by atoms with Gasteiger partial charge in [-0.1, -0.05) is 28.1 Å². The summed E-state index contributed by atoms with van der Waals surface area (Å²) in [6, 6.07) is 4.31. The third-order valence-electron chi connectivity index (χ3n) is 2.73. The average molecular weight is 241 g/mol. The van der Waals surface area contributed by atoms with Crippen LogP contribution in [0.2, 0.25) is 0 Å². The molecule has 1 aromatic rings. The van der Waals surface area contributed by atoms with Crippen molar-refractivity contribution in [3.05, 3.63) is 33.3 Å². The molecule has 1 unspecified atom stereocenters. The Balaban J connectivity index is 2.54. The molecule has 2 heteroatoms. The maximum Gasteiger partial charge on any atom is 0.114 e. The first-order valence-electron chi connectivity index (χ1n) is 4.45. The summed E-state index contributed by atoms with van der Waals surface area (Å²) in [7, 11) is 0. The van der Waals surface area contributed by atoms with Gasteiger partial charge in [0.1, 0.15) is 5.60 Å². The minimum Gasteiger partial charge on any atom is -0.365 e. The van der Waals surface area contributed by atoms with Crippen LogP contribution in [0.15, 0.2) is 16.6 Å². The quantitative estimate of drug-likeness (QED) is 0.687. The van der Waals surface area contributed by atoms with E-state index in [1.54, 1.807) is 0 Å². The van der Waals surface area contributed by atoms with Gasteiger partial charge >= 0.3 is 0 Å². The maximum atomic E-state index is 5.44. The molecule has 0 aromatic heterocycles. The lowest BCUT2D eigenvalue weighted by Gasteiger charge is -2.12. The van der Waals surface area contributed by atoms with Crippen molar-refractivity contribution in [2.75, 3.05) is 6.61 Å². The number of epoxide rings is 1. The van der Waals surface area contributed by atoms with Gasteiger partial charge < -0.3 is 4.74 Å². The van der Waals surface area contributed by atoms with Gasteiger partial charge in [0.2, 0.25) is 0 Å². The molecule has 0 N–H and O–H groups in total. The number of ether oxygens (including phenoxy) is 1. The number of benzene rings is 1. The smallest absolute Gasteiger partial charge is 0.114 e. The fourth-order valence-electron chi connectivity index (χ4n) is 1.66. The molecule has 0 saturated carbocycles. The molecule has 1 nitrogen and oxygen atoms in total. The molecule has 1 heterocycles. The largest absolute Gasteiger partial charge is 0.365 e. The number of rotatable bonds is 1. The van der Waals surface area contributed by atoms with Gasteiger partial charge in [-0.15, -0.1) is 0 Å². The Hall–Kier alpha value is -0.340. The van der Waals surface area contributed by atoms with Crippen LogP contribution in [0, 0.1) is 13.8 Å². The van der Waals surface area contributed by atoms with Crippen molar-refractivity contribution in [3.63, 3.8) is 0 Å². The van der Waals surface area contributed by atoms with Gasteiger partial charge in [-0.25, -0.2) is 0 Å². The predicted molar refractivity (Wildman–Crippen MR) is 56.9 cm³/mol. The highest BCUT2D eigenvalue weighted by molar-refractivity contribution is 9.10. The van der Waals surface area contributed by atoms with E-state index in [-0.39, 0.29) is 5.60 Å². The average Bonchev–Trinajstić information content (AvgIpc) is 2.80. The van der Waals surface area contributed by atoms with Crippen LogP contribution in [-0.2, 0) is 10.3 Å². The van der Waals surface area contributed by atoms with E-state index in [2.05, 4.69) is 48.8 Å². The molecule has 0 aliphatic carbocycles. The molecule has 0 bridgehead atoms.